The molecule has 1 fully saturated rings. The van der Waals surface area contributed by atoms with Crippen molar-refractivity contribution in [2.24, 2.45) is 0 Å². The van der Waals surface area contributed by atoms with Crippen molar-refractivity contribution in [1.29, 1.82) is 0 Å². The average molecular weight is 432 g/mol. The van der Waals surface area contributed by atoms with E-state index < -0.39 is 0 Å². The number of hydrogen-bond donors (Lipinski definition) is 0. The van der Waals surface area contributed by atoms with E-state index in [1.165, 1.54) is 0 Å². The second-order valence-corrected chi connectivity index (χ2v) is 8.61. The van der Waals surface area contributed by atoms with Gasteiger partial charge in [-0.1, -0.05) is 60.7 Å². The van der Waals surface area contributed by atoms with Crippen LogP contribution in [0.4, 0.5) is 5.82 Å². The molecule has 0 amide bonds. The van der Waals surface area contributed by atoms with Crippen LogP contribution in [0.2, 0.25) is 0 Å². The molecule has 4 rings (SSSR count). The zero-order chi connectivity index (χ0) is 22.4. The molecule has 0 spiro atoms. The third-order valence-electron chi connectivity index (χ3n) is 5.89. The lowest BCUT2D eigenvalue weighted by Crippen LogP contribution is -2.36. The van der Waals surface area contributed by atoms with Gasteiger partial charge < -0.3 is 14.4 Å². The molecule has 1 aliphatic carbocycles. The molecule has 32 heavy (non-hydrogen) atoms. The Labute approximate surface area is 191 Å². The number of benzene rings is 2. The summed E-state index contributed by atoms with van der Waals surface area (Å²) in [5.41, 5.74) is 3.85. The lowest BCUT2D eigenvalue weighted by molar-refractivity contribution is -0.0289. The van der Waals surface area contributed by atoms with Gasteiger partial charge in [0.15, 0.2) is 0 Å². The summed E-state index contributed by atoms with van der Waals surface area (Å²) in [6, 6.07) is 20.8. The van der Waals surface area contributed by atoms with Crippen LogP contribution in [0.1, 0.15) is 33.6 Å². The fourth-order valence-electron chi connectivity index (χ4n) is 3.88. The SMILES string of the molecule is CCOCC1(OCCN(c2cnc(-c3ccccc3)c(-c3ccccc3)n2)C(C)C)CC1. The maximum atomic E-state index is 6.24. The Morgan fingerprint density at radius 1 is 0.938 bits per heavy atom. The molecule has 1 aromatic heterocycles. The third kappa shape index (κ3) is 5.34. The minimum absolute atomic E-state index is 0.0727. The van der Waals surface area contributed by atoms with Gasteiger partial charge in [0.2, 0.25) is 0 Å². The molecule has 0 bridgehead atoms. The van der Waals surface area contributed by atoms with E-state index in [2.05, 4.69) is 43.0 Å². The molecule has 0 N–H and O–H groups in total. The van der Waals surface area contributed by atoms with Crippen LogP contribution in [0.25, 0.3) is 22.5 Å². The van der Waals surface area contributed by atoms with Crippen molar-refractivity contribution >= 4 is 5.82 Å². The molecule has 5 heteroatoms. The normalized spacial score (nSPS) is 14.5. The van der Waals surface area contributed by atoms with Crippen LogP contribution >= 0.6 is 0 Å². The number of ether oxygens (including phenoxy) is 2. The maximum Gasteiger partial charge on any atom is 0.148 e. The van der Waals surface area contributed by atoms with Crippen LogP contribution < -0.4 is 4.90 Å². The van der Waals surface area contributed by atoms with Gasteiger partial charge in [0.1, 0.15) is 5.82 Å². The molecule has 0 unspecified atom stereocenters. The Kier molecular flexibility index (Phi) is 7.18. The first kappa shape index (κ1) is 22.4. The predicted molar refractivity (Wildman–Crippen MR) is 130 cm³/mol. The molecule has 5 nitrogen and oxygen atoms in total. The fourth-order valence-corrected chi connectivity index (χ4v) is 3.88. The second kappa shape index (κ2) is 10.2. The molecular formula is C27H33N3O2. The first-order valence-electron chi connectivity index (χ1n) is 11.6. The van der Waals surface area contributed by atoms with Crippen LogP contribution in [0.3, 0.4) is 0 Å². The topological polar surface area (TPSA) is 47.5 Å². The van der Waals surface area contributed by atoms with E-state index in [0.717, 1.165) is 54.3 Å². The molecule has 1 saturated carbocycles. The summed E-state index contributed by atoms with van der Waals surface area (Å²) in [5.74, 6) is 0.872. The van der Waals surface area contributed by atoms with Gasteiger partial charge in [-0.15, -0.1) is 0 Å². The zero-order valence-electron chi connectivity index (χ0n) is 19.3. The number of nitrogens with zero attached hydrogens (tertiary/aromatic N) is 3. The quantitative estimate of drug-likeness (QED) is 0.395. The summed E-state index contributed by atoms with van der Waals surface area (Å²) < 4.78 is 11.8. The second-order valence-electron chi connectivity index (χ2n) is 8.61. The van der Waals surface area contributed by atoms with Crippen molar-refractivity contribution in [1.82, 2.24) is 9.97 Å². The summed E-state index contributed by atoms with van der Waals surface area (Å²) in [7, 11) is 0. The standard InChI is InChI=1S/C27H33N3O2/c1-4-31-20-27(15-16-27)32-18-17-30(21(2)3)24-19-28-25(22-11-7-5-8-12-22)26(29-24)23-13-9-6-10-14-23/h5-14,19,21H,4,15-18,20H2,1-3H3. The van der Waals surface area contributed by atoms with Gasteiger partial charge in [-0.2, -0.15) is 0 Å². The van der Waals surface area contributed by atoms with E-state index in [1.807, 2.05) is 49.5 Å². The van der Waals surface area contributed by atoms with Crippen molar-refractivity contribution in [3.05, 3.63) is 66.9 Å². The summed E-state index contributed by atoms with van der Waals surface area (Å²) in [6.45, 7) is 9.22. The fraction of sp³-hybridized carbons (Fsp3) is 0.407. The van der Waals surface area contributed by atoms with Gasteiger partial charge in [0.25, 0.3) is 0 Å². The van der Waals surface area contributed by atoms with Crippen LogP contribution in [0, 0.1) is 0 Å². The van der Waals surface area contributed by atoms with Crippen molar-refractivity contribution in [2.75, 3.05) is 31.3 Å². The summed E-state index contributed by atoms with van der Waals surface area (Å²) in [6.07, 6.45) is 4.05. The van der Waals surface area contributed by atoms with Gasteiger partial charge in [-0.3, -0.25) is 4.98 Å². The van der Waals surface area contributed by atoms with Gasteiger partial charge in [0.05, 0.1) is 36.4 Å². The number of rotatable bonds is 11. The van der Waals surface area contributed by atoms with E-state index in [9.17, 15) is 0 Å². The first-order valence-corrected chi connectivity index (χ1v) is 11.6. The molecule has 2 aromatic carbocycles. The predicted octanol–water partition coefficient (Wildman–Crippen LogP) is 5.61. The molecule has 0 aliphatic heterocycles. The average Bonchev–Trinajstić information content (AvgIpc) is 3.61. The van der Waals surface area contributed by atoms with E-state index in [-0.39, 0.29) is 11.6 Å². The van der Waals surface area contributed by atoms with Crippen LogP contribution in [-0.2, 0) is 9.47 Å². The van der Waals surface area contributed by atoms with E-state index in [0.29, 0.717) is 13.2 Å². The minimum atomic E-state index is -0.0727. The minimum Gasteiger partial charge on any atom is -0.379 e. The molecule has 1 heterocycles. The van der Waals surface area contributed by atoms with Crippen LogP contribution in [0.5, 0.6) is 0 Å². The Morgan fingerprint density at radius 2 is 1.56 bits per heavy atom. The molecular weight excluding hydrogens is 398 g/mol. The largest absolute Gasteiger partial charge is 0.379 e. The lowest BCUT2D eigenvalue weighted by Gasteiger charge is -2.29. The molecule has 0 radical (unpaired) electrons. The van der Waals surface area contributed by atoms with E-state index in [1.54, 1.807) is 0 Å². The highest BCUT2D eigenvalue weighted by Crippen LogP contribution is 2.39. The Morgan fingerprint density at radius 3 is 2.12 bits per heavy atom. The van der Waals surface area contributed by atoms with Crippen LogP contribution in [0.15, 0.2) is 66.9 Å². The summed E-state index contributed by atoms with van der Waals surface area (Å²) >= 11 is 0. The molecule has 0 atom stereocenters. The first-order chi connectivity index (χ1) is 15.6. The Hall–Kier alpha value is -2.76. The molecule has 0 saturated heterocycles. The smallest absolute Gasteiger partial charge is 0.148 e. The Bertz CT molecular complexity index is 988. The summed E-state index contributed by atoms with van der Waals surface area (Å²) in [4.78, 5) is 12.2. The van der Waals surface area contributed by atoms with Gasteiger partial charge >= 0.3 is 0 Å². The monoisotopic (exact) mass is 431 g/mol. The van der Waals surface area contributed by atoms with E-state index >= 15 is 0 Å². The molecule has 3 aromatic rings. The van der Waals surface area contributed by atoms with E-state index in [4.69, 9.17) is 19.4 Å². The van der Waals surface area contributed by atoms with Crippen LogP contribution in [-0.4, -0.2) is 48.0 Å². The van der Waals surface area contributed by atoms with Crippen molar-refractivity contribution in [2.45, 2.75) is 45.3 Å². The summed E-state index contributed by atoms with van der Waals surface area (Å²) in [5, 5.41) is 0. The highest BCUT2D eigenvalue weighted by atomic mass is 16.5. The van der Waals surface area contributed by atoms with Crippen molar-refractivity contribution in [3.8, 4) is 22.5 Å². The number of hydrogen-bond acceptors (Lipinski definition) is 5. The number of aromatic nitrogens is 2. The Balaban J connectivity index is 1.58. The maximum absolute atomic E-state index is 6.24. The van der Waals surface area contributed by atoms with Gasteiger partial charge in [-0.25, -0.2) is 4.98 Å². The lowest BCUT2D eigenvalue weighted by atomic mass is 10.0. The van der Waals surface area contributed by atoms with Crippen molar-refractivity contribution in [3.63, 3.8) is 0 Å². The zero-order valence-corrected chi connectivity index (χ0v) is 19.3. The molecule has 168 valence electrons. The third-order valence-corrected chi connectivity index (χ3v) is 5.89. The van der Waals surface area contributed by atoms with Crippen molar-refractivity contribution < 1.29 is 9.47 Å². The number of anilines is 1. The molecule has 1 aliphatic rings. The highest BCUT2D eigenvalue weighted by Gasteiger charge is 2.44. The van der Waals surface area contributed by atoms with Gasteiger partial charge in [-0.05, 0) is 33.6 Å². The van der Waals surface area contributed by atoms with Gasteiger partial charge in [0, 0.05) is 30.3 Å². The highest BCUT2D eigenvalue weighted by molar-refractivity contribution is 5.78.